The van der Waals surface area contributed by atoms with E-state index in [0.717, 1.165) is 10.5 Å². The van der Waals surface area contributed by atoms with Crippen LogP contribution in [0.1, 0.15) is 31.8 Å². The van der Waals surface area contributed by atoms with Gasteiger partial charge in [0, 0.05) is 5.56 Å². The first kappa shape index (κ1) is 12.3. The van der Waals surface area contributed by atoms with Crippen LogP contribution in [-0.4, -0.2) is 11.8 Å². The molecule has 1 aliphatic rings. The second-order valence-electron chi connectivity index (χ2n) is 4.76. The van der Waals surface area contributed by atoms with Crippen molar-refractivity contribution in [1.29, 1.82) is 0 Å². The van der Waals surface area contributed by atoms with Gasteiger partial charge in [-0.2, -0.15) is 0 Å². The summed E-state index contributed by atoms with van der Waals surface area (Å²) in [5.74, 6) is -0.830. The minimum absolute atomic E-state index is 0.0798. The van der Waals surface area contributed by atoms with E-state index >= 15 is 0 Å². The summed E-state index contributed by atoms with van der Waals surface area (Å²) in [5, 5.41) is 12.0. The third kappa shape index (κ3) is 1.53. The van der Waals surface area contributed by atoms with E-state index < -0.39 is 11.8 Å². The van der Waals surface area contributed by atoms with E-state index in [1.54, 1.807) is 37.3 Å². The molecule has 0 saturated heterocycles. The molecule has 0 radical (unpaired) electrons. The molecule has 0 N–H and O–H groups in total. The summed E-state index contributed by atoms with van der Waals surface area (Å²) >= 11 is 0. The van der Waals surface area contributed by atoms with Crippen LogP contribution >= 0.6 is 0 Å². The molecule has 3 rings (SSSR count). The summed E-state index contributed by atoms with van der Waals surface area (Å²) in [7, 11) is 0. The first-order chi connectivity index (χ1) is 9.52. The minimum Gasteiger partial charge on any atom is -0.711 e. The van der Waals surface area contributed by atoms with Crippen molar-refractivity contribution in [3.8, 4) is 0 Å². The van der Waals surface area contributed by atoms with Crippen LogP contribution in [0, 0.1) is 19.1 Å². The highest BCUT2D eigenvalue weighted by Gasteiger charge is 2.45. The van der Waals surface area contributed by atoms with Crippen LogP contribution in [0.15, 0.2) is 36.5 Å². The summed E-state index contributed by atoms with van der Waals surface area (Å²) in [4.78, 5) is 25.7. The number of hydrogen-bond donors (Lipinski definition) is 0. The van der Waals surface area contributed by atoms with E-state index in [0.29, 0.717) is 21.4 Å². The topological polar surface area (TPSA) is 64.3 Å². The number of carbonyl (C=O) groups is 2. The maximum atomic E-state index is 12.4. The number of carbonyl (C=O) groups excluding carboxylic acids is 2. The highest BCUT2D eigenvalue weighted by molar-refractivity contribution is 6.34. The van der Waals surface area contributed by atoms with Gasteiger partial charge >= 0.3 is 11.8 Å². The van der Waals surface area contributed by atoms with Gasteiger partial charge in [0.2, 0.25) is 0 Å². The number of benzene rings is 1. The van der Waals surface area contributed by atoms with Crippen molar-refractivity contribution in [2.45, 2.75) is 13.8 Å². The first-order valence-electron chi connectivity index (χ1n) is 6.19. The van der Waals surface area contributed by atoms with Crippen molar-refractivity contribution in [2.24, 2.45) is 0 Å². The Hall–Kier alpha value is -2.69. The normalized spacial score (nSPS) is 13.8. The number of rotatable bonds is 1. The van der Waals surface area contributed by atoms with Crippen molar-refractivity contribution < 1.29 is 14.3 Å². The Labute approximate surface area is 115 Å². The molecule has 1 aliphatic heterocycles. The molecule has 1 aromatic heterocycles. The van der Waals surface area contributed by atoms with Gasteiger partial charge in [-0.25, -0.2) is 14.3 Å². The van der Waals surface area contributed by atoms with Crippen molar-refractivity contribution in [1.82, 2.24) is 0 Å². The first-order valence-corrected chi connectivity index (χ1v) is 6.19. The van der Waals surface area contributed by atoms with E-state index in [2.05, 4.69) is 0 Å². The fourth-order valence-corrected chi connectivity index (χ4v) is 2.36. The number of anilines is 1. The van der Waals surface area contributed by atoms with Gasteiger partial charge in [0.1, 0.15) is 0 Å². The fourth-order valence-electron chi connectivity index (χ4n) is 2.36. The van der Waals surface area contributed by atoms with Gasteiger partial charge in [0.15, 0.2) is 0 Å². The predicted molar refractivity (Wildman–Crippen MR) is 72.5 cm³/mol. The van der Waals surface area contributed by atoms with Crippen molar-refractivity contribution in [3.63, 3.8) is 0 Å². The van der Waals surface area contributed by atoms with Crippen LogP contribution in [0.3, 0.4) is 0 Å². The zero-order valence-electron chi connectivity index (χ0n) is 11.1. The molecule has 100 valence electrons. The average Bonchev–Trinajstić information content (AvgIpc) is 2.69. The van der Waals surface area contributed by atoms with Crippen LogP contribution in [0.4, 0.5) is 5.82 Å². The molecule has 2 aromatic rings. The van der Waals surface area contributed by atoms with Gasteiger partial charge in [-0.3, -0.25) is 0 Å². The fraction of sp³-hybridized carbons (Fsp3) is 0.133. The molecule has 0 atom stereocenters. The second-order valence-corrected chi connectivity index (χ2v) is 4.76. The molecule has 1 aromatic carbocycles. The Kier molecular flexibility index (Phi) is 2.57. The molecular formula is C15H12N2O3. The van der Waals surface area contributed by atoms with Crippen LogP contribution in [0.25, 0.3) is 0 Å². The Morgan fingerprint density at radius 2 is 1.55 bits per heavy atom. The van der Waals surface area contributed by atoms with E-state index in [9.17, 15) is 14.8 Å². The van der Waals surface area contributed by atoms with Crippen LogP contribution in [-0.2, 0) is 0 Å². The lowest BCUT2D eigenvalue weighted by Crippen LogP contribution is -2.42. The van der Waals surface area contributed by atoms with Crippen molar-refractivity contribution in [3.05, 3.63) is 64.0 Å². The van der Waals surface area contributed by atoms with Crippen molar-refractivity contribution in [2.75, 3.05) is 4.90 Å². The molecule has 0 unspecified atom stereocenters. The second kappa shape index (κ2) is 4.16. The molecule has 0 spiro atoms. The molecule has 20 heavy (non-hydrogen) atoms. The van der Waals surface area contributed by atoms with Gasteiger partial charge in [0.05, 0.1) is 17.3 Å². The third-order valence-electron chi connectivity index (χ3n) is 3.60. The smallest absolute Gasteiger partial charge is 0.349 e. The quantitative estimate of drug-likeness (QED) is 0.449. The number of pyridine rings is 1. The van der Waals surface area contributed by atoms with Gasteiger partial charge < -0.3 is 5.21 Å². The summed E-state index contributed by atoms with van der Waals surface area (Å²) in [6.45, 7) is 3.56. The Morgan fingerprint density at radius 3 is 2.10 bits per heavy atom. The Balaban J connectivity index is 2.22. The van der Waals surface area contributed by atoms with Crippen molar-refractivity contribution >= 4 is 17.6 Å². The van der Waals surface area contributed by atoms with Gasteiger partial charge in [-0.15, -0.1) is 4.90 Å². The third-order valence-corrected chi connectivity index (χ3v) is 3.60. The summed E-state index contributed by atoms with van der Waals surface area (Å²) in [6, 6.07) is 8.24. The lowest BCUT2D eigenvalue weighted by molar-refractivity contribution is -0.591. The van der Waals surface area contributed by atoms with E-state index in [1.165, 1.54) is 6.20 Å². The number of aryl methyl sites for hydroxylation is 1. The van der Waals surface area contributed by atoms with Crippen LogP contribution in [0.2, 0.25) is 0 Å². The molecule has 0 aliphatic carbocycles. The lowest BCUT2D eigenvalue weighted by atomic mass is 10.1. The number of aromatic nitrogens is 1. The number of hydrogen-bond acceptors (Lipinski definition) is 3. The molecule has 2 heterocycles. The zero-order chi connectivity index (χ0) is 14.4. The minimum atomic E-state index is -0.455. The van der Waals surface area contributed by atoms with Crippen LogP contribution < -0.4 is 9.63 Å². The predicted octanol–water partition coefficient (Wildman–Crippen LogP) is 1.74. The number of fused-ring (bicyclic) bond motifs is 1. The monoisotopic (exact) mass is 268 g/mol. The van der Waals surface area contributed by atoms with Crippen LogP contribution in [0.5, 0.6) is 0 Å². The molecule has 0 fully saturated rings. The maximum absolute atomic E-state index is 12.4. The zero-order valence-corrected chi connectivity index (χ0v) is 11.1. The average molecular weight is 268 g/mol. The number of nitrogens with zero attached hydrogens (tertiary/aromatic N) is 2. The molecular weight excluding hydrogens is 256 g/mol. The SMILES string of the molecule is Cc1cc[n+]([O-])c(N2C(=O)c3ccccc3C2=O)c1C. The van der Waals surface area contributed by atoms with Gasteiger partial charge in [-0.1, -0.05) is 12.1 Å². The number of imide groups is 1. The molecule has 2 amide bonds. The summed E-state index contributed by atoms with van der Waals surface area (Å²) < 4.78 is 0.560. The molecule has 0 saturated carbocycles. The van der Waals surface area contributed by atoms with Gasteiger partial charge in [0.25, 0.3) is 5.82 Å². The van der Waals surface area contributed by atoms with E-state index in [1.807, 2.05) is 6.92 Å². The highest BCUT2D eigenvalue weighted by Crippen LogP contribution is 2.28. The lowest BCUT2D eigenvalue weighted by Gasteiger charge is -2.16. The Morgan fingerprint density at radius 1 is 1.00 bits per heavy atom. The number of amides is 2. The van der Waals surface area contributed by atoms with E-state index in [4.69, 9.17) is 0 Å². The largest absolute Gasteiger partial charge is 0.711 e. The standard InChI is InChI=1S/C15H12N2O3/c1-9-7-8-16(20)13(10(9)2)17-14(18)11-5-3-4-6-12(11)15(17)19/h3-8H,1-2H3. The molecule has 0 bridgehead atoms. The Bertz CT molecular complexity index is 718. The molecule has 5 nitrogen and oxygen atoms in total. The maximum Gasteiger partial charge on any atom is 0.349 e. The molecule has 5 heteroatoms. The summed E-state index contributed by atoms with van der Waals surface area (Å²) in [6.07, 6.45) is 1.31. The van der Waals surface area contributed by atoms with Gasteiger partial charge in [-0.05, 0) is 37.6 Å². The van der Waals surface area contributed by atoms with E-state index in [-0.39, 0.29) is 5.82 Å². The summed E-state index contributed by atoms with van der Waals surface area (Å²) in [5.41, 5.74) is 2.14. The highest BCUT2D eigenvalue weighted by atomic mass is 16.5.